The number of nitrogens with zero attached hydrogens (tertiary/aromatic N) is 1. The lowest BCUT2D eigenvalue weighted by molar-refractivity contribution is 0.309. The maximum absolute atomic E-state index is 3.47. The molecule has 0 saturated heterocycles. The normalized spacial score (nSPS) is 11.0. The zero-order valence-electron chi connectivity index (χ0n) is 8.18. The van der Waals surface area contributed by atoms with E-state index in [1.807, 2.05) is 11.8 Å². The van der Waals surface area contributed by atoms with Crippen LogP contribution in [0, 0.1) is 0 Å². The first-order valence-electron chi connectivity index (χ1n) is 4.71. The number of thioether (sulfide) groups is 1. The van der Waals surface area contributed by atoms with Gasteiger partial charge < -0.3 is 4.90 Å². The van der Waals surface area contributed by atoms with Crippen LogP contribution in [0.5, 0.6) is 0 Å². The first-order valence-corrected chi connectivity index (χ1v) is 6.98. The summed E-state index contributed by atoms with van der Waals surface area (Å²) < 4.78 is 0. The summed E-state index contributed by atoms with van der Waals surface area (Å²) in [6.07, 6.45) is 1.33. The van der Waals surface area contributed by atoms with Gasteiger partial charge in [-0.25, -0.2) is 0 Å². The molecule has 0 rings (SSSR count). The van der Waals surface area contributed by atoms with E-state index in [-0.39, 0.29) is 0 Å². The van der Waals surface area contributed by atoms with Crippen LogP contribution in [0.15, 0.2) is 0 Å². The second-order valence-corrected chi connectivity index (χ2v) is 4.86. The number of hydrogen-bond acceptors (Lipinski definition) is 2. The lowest BCUT2D eigenvalue weighted by Gasteiger charge is -2.18. The first kappa shape index (κ1) is 12.8. The molecule has 0 amide bonds. The molecule has 0 heterocycles. The fraction of sp³-hybridized carbons (Fsp3) is 1.00. The predicted octanol–water partition coefficient (Wildman–Crippen LogP) is 2.85. The molecule has 0 aliphatic carbocycles. The molecule has 12 heavy (non-hydrogen) atoms. The highest BCUT2D eigenvalue weighted by atomic mass is 79.9. The molecule has 0 unspecified atom stereocenters. The van der Waals surface area contributed by atoms with Crippen molar-refractivity contribution in [1.82, 2.24) is 4.90 Å². The second kappa shape index (κ2) is 9.87. The minimum atomic E-state index is 1.10. The average molecular weight is 254 g/mol. The summed E-state index contributed by atoms with van der Waals surface area (Å²) in [4.78, 5) is 2.49. The molecule has 0 aliphatic heterocycles. The lowest BCUT2D eigenvalue weighted by atomic mass is 10.4. The van der Waals surface area contributed by atoms with Crippen molar-refractivity contribution in [3.05, 3.63) is 0 Å². The van der Waals surface area contributed by atoms with Gasteiger partial charge in [0.2, 0.25) is 0 Å². The topological polar surface area (TPSA) is 3.24 Å². The third-order valence-electron chi connectivity index (χ3n) is 1.82. The Labute approximate surface area is 89.4 Å². The van der Waals surface area contributed by atoms with Crippen LogP contribution < -0.4 is 0 Å². The average Bonchev–Trinajstić information content (AvgIpc) is 2.10. The van der Waals surface area contributed by atoms with Gasteiger partial charge in [0.15, 0.2) is 0 Å². The summed E-state index contributed by atoms with van der Waals surface area (Å²) >= 11 is 5.51. The third kappa shape index (κ3) is 7.44. The maximum Gasteiger partial charge on any atom is 0.0159 e. The Hall–Kier alpha value is 0.790. The number of halogens is 1. The Balaban J connectivity index is 3.19. The SMILES string of the molecule is CCSCCCN(CC)CCBr. The molecule has 0 saturated carbocycles. The molecule has 0 aromatic rings. The minimum Gasteiger partial charge on any atom is -0.303 e. The molecule has 0 N–H and O–H groups in total. The zero-order chi connectivity index (χ0) is 9.23. The summed E-state index contributed by atoms with van der Waals surface area (Å²) in [6.45, 7) is 8.08. The van der Waals surface area contributed by atoms with Crippen LogP contribution in [0.4, 0.5) is 0 Å². The lowest BCUT2D eigenvalue weighted by Crippen LogP contribution is -2.26. The molecular weight excluding hydrogens is 234 g/mol. The Kier molecular flexibility index (Phi) is 10.5. The van der Waals surface area contributed by atoms with Crippen molar-refractivity contribution in [1.29, 1.82) is 0 Å². The molecule has 0 aromatic carbocycles. The van der Waals surface area contributed by atoms with E-state index < -0.39 is 0 Å². The van der Waals surface area contributed by atoms with E-state index in [2.05, 4.69) is 34.7 Å². The maximum atomic E-state index is 3.47. The molecule has 0 fully saturated rings. The predicted molar refractivity (Wildman–Crippen MR) is 63.5 cm³/mol. The Morgan fingerprint density at radius 3 is 2.50 bits per heavy atom. The van der Waals surface area contributed by atoms with E-state index in [4.69, 9.17) is 0 Å². The van der Waals surface area contributed by atoms with Crippen molar-refractivity contribution in [2.75, 3.05) is 36.5 Å². The summed E-state index contributed by atoms with van der Waals surface area (Å²) in [5.41, 5.74) is 0. The van der Waals surface area contributed by atoms with Crippen LogP contribution >= 0.6 is 27.7 Å². The van der Waals surface area contributed by atoms with Crippen molar-refractivity contribution < 1.29 is 0 Å². The van der Waals surface area contributed by atoms with Crippen molar-refractivity contribution >= 4 is 27.7 Å². The number of alkyl halides is 1. The summed E-state index contributed by atoms with van der Waals surface area (Å²) in [7, 11) is 0. The molecule has 1 nitrogen and oxygen atoms in total. The summed E-state index contributed by atoms with van der Waals surface area (Å²) in [5.74, 6) is 2.57. The van der Waals surface area contributed by atoms with Crippen LogP contribution in [0.3, 0.4) is 0 Å². The molecular formula is C9H20BrNS. The van der Waals surface area contributed by atoms with Gasteiger partial charge in [0.1, 0.15) is 0 Å². The quantitative estimate of drug-likeness (QED) is 0.484. The molecule has 0 radical (unpaired) electrons. The van der Waals surface area contributed by atoms with E-state index in [0.717, 1.165) is 5.33 Å². The standard InChI is InChI=1S/C9H20BrNS/c1-3-11(8-6-10)7-5-9-12-4-2/h3-9H2,1-2H3. The van der Waals surface area contributed by atoms with Crippen LogP contribution in [0.1, 0.15) is 20.3 Å². The highest BCUT2D eigenvalue weighted by Crippen LogP contribution is 2.02. The Bertz CT molecular complexity index is 90.6. The molecule has 0 aliphatic rings. The second-order valence-electron chi connectivity index (χ2n) is 2.67. The smallest absolute Gasteiger partial charge is 0.0159 e. The summed E-state index contributed by atoms with van der Waals surface area (Å²) in [5, 5.41) is 1.10. The molecule has 74 valence electrons. The highest BCUT2D eigenvalue weighted by Gasteiger charge is 1.99. The minimum absolute atomic E-state index is 1.10. The van der Waals surface area contributed by atoms with Gasteiger partial charge in [0, 0.05) is 11.9 Å². The highest BCUT2D eigenvalue weighted by molar-refractivity contribution is 9.09. The van der Waals surface area contributed by atoms with Crippen molar-refractivity contribution in [2.45, 2.75) is 20.3 Å². The van der Waals surface area contributed by atoms with Gasteiger partial charge in [-0.3, -0.25) is 0 Å². The van der Waals surface area contributed by atoms with E-state index in [0.29, 0.717) is 0 Å². The molecule has 0 aromatic heterocycles. The number of hydrogen-bond donors (Lipinski definition) is 0. The Morgan fingerprint density at radius 1 is 1.25 bits per heavy atom. The fourth-order valence-electron chi connectivity index (χ4n) is 1.08. The molecule has 0 bridgehead atoms. The van der Waals surface area contributed by atoms with Gasteiger partial charge in [-0.05, 0) is 31.0 Å². The van der Waals surface area contributed by atoms with E-state index in [1.54, 1.807) is 0 Å². The third-order valence-corrected chi connectivity index (χ3v) is 3.16. The fourth-order valence-corrected chi connectivity index (χ4v) is 2.21. The molecule has 3 heteroatoms. The van der Waals surface area contributed by atoms with Gasteiger partial charge in [-0.2, -0.15) is 11.8 Å². The van der Waals surface area contributed by atoms with Gasteiger partial charge in [0.25, 0.3) is 0 Å². The van der Waals surface area contributed by atoms with Crippen molar-refractivity contribution in [3.8, 4) is 0 Å². The van der Waals surface area contributed by atoms with Gasteiger partial charge in [-0.1, -0.05) is 29.8 Å². The van der Waals surface area contributed by atoms with Crippen molar-refractivity contribution in [2.24, 2.45) is 0 Å². The van der Waals surface area contributed by atoms with Crippen LogP contribution in [-0.4, -0.2) is 41.4 Å². The largest absolute Gasteiger partial charge is 0.303 e. The van der Waals surface area contributed by atoms with Crippen LogP contribution in [0.2, 0.25) is 0 Å². The molecule has 0 spiro atoms. The zero-order valence-corrected chi connectivity index (χ0v) is 10.6. The first-order chi connectivity index (χ1) is 5.85. The van der Waals surface area contributed by atoms with E-state index in [1.165, 1.54) is 37.6 Å². The molecule has 0 atom stereocenters. The van der Waals surface area contributed by atoms with Crippen molar-refractivity contribution in [3.63, 3.8) is 0 Å². The van der Waals surface area contributed by atoms with E-state index >= 15 is 0 Å². The van der Waals surface area contributed by atoms with E-state index in [9.17, 15) is 0 Å². The van der Waals surface area contributed by atoms with Gasteiger partial charge in [0.05, 0.1) is 0 Å². The van der Waals surface area contributed by atoms with Crippen LogP contribution in [-0.2, 0) is 0 Å². The van der Waals surface area contributed by atoms with Gasteiger partial charge in [-0.15, -0.1) is 0 Å². The summed E-state index contributed by atoms with van der Waals surface area (Å²) in [6, 6.07) is 0. The van der Waals surface area contributed by atoms with Crippen LogP contribution in [0.25, 0.3) is 0 Å². The van der Waals surface area contributed by atoms with Gasteiger partial charge >= 0.3 is 0 Å². The number of rotatable bonds is 8. The Morgan fingerprint density at radius 2 is 2.00 bits per heavy atom. The monoisotopic (exact) mass is 253 g/mol.